The third kappa shape index (κ3) is 3.84. The van der Waals surface area contributed by atoms with E-state index in [1.807, 2.05) is 6.92 Å². The molecule has 0 bridgehead atoms. The average molecular weight is 315 g/mol. The topological polar surface area (TPSA) is 43.4 Å². The van der Waals surface area contributed by atoms with Crippen LogP contribution in [0.15, 0.2) is 24.3 Å². The molecular weight excluding hydrogens is 299 g/mol. The number of halogens is 2. The molecule has 0 aliphatic rings. The Kier molecular flexibility index (Phi) is 6.24. The van der Waals surface area contributed by atoms with E-state index in [2.05, 4.69) is 6.58 Å². The van der Waals surface area contributed by atoms with Crippen LogP contribution >= 0.6 is 23.2 Å². The number of hydrogen-bond acceptors (Lipinski definition) is 3. The van der Waals surface area contributed by atoms with E-state index < -0.39 is 0 Å². The van der Waals surface area contributed by atoms with E-state index in [1.54, 1.807) is 6.92 Å². The zero-order valence-electron chi connectivity index (χ0n) is 11.5. The van der Waals surface area contributed by atoms with Gasteiger partial charge < -0.3 is 4.74 Å². The lowest BCUT2D eigenvalue weighted by atomic mass is 10.0. The highest BCUT2D eigenvalue weighted by atomic mass is 35.5. The highest BCUT2D eigenvalue weighted by Crippen LogP contribution is 2.35. The van der Waals surface area contributed by atoms with Crippen LogP contribution in [0.25, 0.3) is 0 Å². The monoisotopic (exact) mass is 314 g/mol. The summed E-state index contributed by atoms with van der Waals surface area (Å²) in [7, 11) is 0. The van der Waals surface area contributed by atoms with Crippen LogP contribution in [0.3, 0.4) is 0 Å². The molecule has 0 radical (unpaired) electrons. The number of rotatable bonds is 7. The number of benzene rings is 1. The van der Waals surface area contributed by atoms with Crippen molar-refractivity contribution >= 4 is 34.8 Å². The predicted octanol–water partition coefficient (Wildman–Crippen LogP) is 4.50. The first-order chi connectivity index (χ1) is 9.42. The fourth-order valence-corrected chi connectivity index (χ4v) is 1.89. The van der Waals surface area contributed by atoms with Crippen LogP contribution in [-0.4, -0.2) is 18.2 Å². The van der Waals surface area contributed by atoms with E-state index in [0.29, 0.717) is 18.4 Å². The molecule has 3 nitrogen and oxygen atoms in total. The first kappa shape index (κ1) is 16.7. The van der Waals surface area contributed by atoms with Crippen molar-refractivity contribution in [2.45, 2.75) is 26.7 Å². The molecule has 5 heteroatoms. The number of ether oxygens (including phenoxy) is 1. The van der Waals surface area contributed by atoms with Crippen LogP contribution in [0.4, 0.5) is 0 Å². The number of ketones is 2. The second-order valence-corrected chi connectivity index (χ2v) is 4.96. The Morgan fingerprint density at radius 1 is 1.15 bits per heavy atom. The van der Waals surface area contributed by atoms with Gasteiger partial charge in [-0.1, -0.05) is 43.6 Å². The zero-order valence-corrected chi connectivity index (χ0v) is 13.0. The molecule has 1 rings (SSSR count). The smallest absolute Gasteiger partial charge is 0.189 e. The molecule has 0 saturated carbocycles. The summed E-state index contributed by atoms with van der Waals surface area (Å²) in [4.78, 5) is 23.3. The summed E-state index contributed by atoms with van der Waals surface area (Å²) in [5, 5.41) is 0.248. The molecule has 0 aromatic heterocycles. The molecule has 0 amide bonds. The van der Waals surface area contributed by atoms with E-state index in [4.69, 9.17) is 27.9 Å². The molecule has 0 N–H and O–H groups in total. The summed E-state index contributed by atoms with van der Waals surface area (Å²) in [5.74, 6) is 0.00409. The molecule has 0 aliphatic carbocycles. The Hall–Kier alpha value is -1.32. The normalized spacial score (nSPS) is 10.2. The fraction of sp³-hybridized carbons (Fsp3) is 0.333. The van der Waals surface area contributed by atoms with Gasteiger partial charge in [-0.15, -0.1) is 0 Å². The highest BCUT2D eigenvalue weighted by molar-refractivity contribution is 6.45. The number of carbonyl (C=O) groups excluding carboxylic acids is 2. The van der Waals surface area contributed by atoms with Crippen LogP contribution in [0.2, 0.25) is 10.0 Å². The van der Waals surface area contributed by atoms with Crippen LogP contribution in [0.1, 0.15) is 37.0 Å². The van der Waals surface area contributed by atoms with E-state index in [0.717, 1.165) is 0 Å². The van der Waals surface area contributed by atoms with Gasteiger partial charge in [0.05, 0.1) is 5.02 Å². The molecule has 0 unspecified atom stereocenters. The zero-order chi connectivity index (χ0) is 15.3. The number of carbonyl (C=O) groups is 2. The van der Waals surface area contributed by atoms with Crippen LogP contribution in [0, 0.1) is 0 Å². The summed E-state index contributed by atoms with van der Waals surface area (Å²) in [6, 6.07) is 3.07. The van der Waals surface area contributed by atoms with Crippen molar-refractivity contribution in [3.63, 3.8) is 0 Å². The lowest BCUT2D eigenvalue weighted by Gasteiger charge is -2.11. The van der Waals surface area contributed by atoms with Gasteiger partial charge in [0.25, 0.3) is 0 Å². The Balaban J connectivity index is 3.00. The molecule has 0 fully saturated rings. The Bertz CT molecular complexity index is 550. The molecule has 0 saturated heterocycles. The minimum Gasteiger partial charge on any atom is -0.484 e. The molecule has 1 aromatic carbocycles. The third-order valence-electron chi connectivity index (χ3n) is 2.82. The van der Waals surface area contributed by atoms with Crippen LogP contribution in [0.5, 0.6) is 5.75 Å². The first-order valence-electron chi connectivity index (χ1n) is 6.27. The third-order valence-corrected chi connectivity index (χ3v) is 3.69. The summed E-state index contributed by atoms with van der Waals surface area (Å²) in [5.41, 5.74) is 0.746. The number of Topliss-reactive ketones (excluding diaryl/α,β-unsaturated/α-hetero) is 2. The van der Waals surface area contributed by atoms with Crippen molar-refractivity contribution < 1.29 is 14.3 Å². The van der Waals surface area contributed by atoms with Crippen molar-refractivity contribution in [1.82, 2.24) is 0 Å². The Labute approximate surface area is 128 Å². The number of allylic oxidation sites excluding steroid dienone is 1. The van der Waals surface area contributed by atoms with Crippen molar-refractivity contribution in [2.24, 2.45) is 0 Å². The Morgan fingerprint density at radius 3 is 2.35 bits per heavy atom. The first-order valence-corrected chi connectivity index (χ1v) is 7.02. The SMILES string of the molecule is C=C(CC)C(=O)c1ccc(OCC(=O)CC)c(Cl)c1Cl. The van der Waals surface area contributed by atoms with Gasteiger partial charge in [-0.2, -0.15) is 0 Å². The second kappa shape index (κ2) is 7.46. The van der Waals surface area contributed by atoms with Crippen LogP contribution in [-0.2, 0) is 4.79 Å². The van der Waals surface area contributed by atoms with Gasteiger partial charge in [-0.25, -0.2) is 0 Å². The van der Waals surface area contributed by atoms with Gasteiger partial charge in [0.15, 0.2) is 11.6 Å². The molecule has 0 aliphatic heterocycles. The standard InChI is InChI=1S/C15H16Cl2O3/c1-4-9(3)15(19)11-6-7-12(14(17)13(11)16)20-8-10(18)5-2/h6-7H,3-5,8H2,1-2H3. The van der Waals surface area contributed by atoms with Gasteiger partial charge in [0.1, 0.15) is 17.4 Å². The maximum Gasteiger partial charge on any atom is 0.189 e. The second-order valence-electron chi connectivity index (χ2n) is 4.21. The van der Waals surface area contributed by atoms with Gasteiger partial charge in [0.2, 0.25) is 0 Å². The molecule has 0 heterocycles. The van der Waals surface area contributed by atoms with Gasteiger partial charge >= 0.3 is 0 Å². The minimum absolute atomic E-state index is 0.0447. The van der Waals surface area contributed by atoms with E-state index >= 15 is 0 Å². The summed E-state index contributed by atoms with van der Waals surface area (Å²) >= 11 is 12.2. The minimum atomic E-state index is -0.240. The molecule has 1 aromatic rings. The van der Waals surface area contributed by atoms with Crippen molar-refractivity contribution in [2.75, 3.05) is 6.61 Å². The lowest BCUT2D eigenvalue weighted by Crippen LogP contribution is -2.10. The molecule has 0 atom stereocenters. The van der Waals surface area contributed by atoms with E-state index in [-0.39, 0.29) is 39.5 Å². The van der Waals surface area contributed by atoms with Crippen molar-refractivity contribution in [1.29, 1.82) is 0 Å². The molecule has 20 heavy (non-hydrogen) atoms. The highest BCUT2D eigenvalue weighted by Gasteiger charge is 2.18. The summed E-state index contributed by atoms with van der Waals surface area (Å²) in [6.07, 6.45) is 0.925. The lowest BCUT2D eigenvalue weighted by molar-refractivity contribution is -0.120. The van der Waals surface area contributed by atoms with Gasteiger partial charge in [-0.05, 0) is 24.1 Å². The van der Waals surface area contributed by atoms with E-state index in [9.17, 15) is 9.59 Å². The molecule has 0 spiro atoms. The van der Waals surface area contributed by atoms with Crippen molar-refractivity contribution in [3.8, 4) is 5.75 Å². The maximum absolute atomic E-state index is 12.0. The summed E-state index contributed by atoms with van der Waals surface area (Å²) < 4.78 is 5.29. The van der Waals surface area contributed by atoms with Crippen molar-refractivity contribution in [3.05, 3.63) is 39.9 Å². The summed E-state index contributed by atoms with van der Waals surface area (Å²) in [6.45, 7) is 7.20. The largest absolute Gasteiger partial charge is 0.484 e. The predicted molar refractivity (Wildman–Crippen MR) is 81.0 cm³/mol. The maximum atomic E-state index is 12.0. The quantitative estimate of drug-likeness (QED) is 0.549. The molecular formula is C15H16Cl2O3. The van der Waals surface area contributed by atoms with Gasteiger partial charge in [0, 0.05) is 12.0 Å². The average Bonchev–Trinajstić information content (AvgIpc) is 2.46. The number of hydrogen-bond donors (Lipinski definition) is 0. The van der Waals surface area contributed by atoms with Crippen LogP contribution < -0.4 is 4.74 Å². The molecule has 108 valence electrons. The van der Waals surface area contributed by atoms with Gasteiger partial charge in [-0.3, -0.25) is 9.59 Å². The fourth-order valence-electron chi connectivity index (χ4n) is 1.43. The Morgan fingerprint density at radius 2 is 1.80 bits per heavy atom. The van der Waals surface area contributed by atoms with E-state index in [1.165, 1.54) is 12.1 Å².